The highest BCUT2D eigenvalue weighted by atomic mass is 16.6. The zero-order valence-corrected chi connectivity index (χ0v) is 12.1. The molecule has 0 aliphatic heterocycles. The molecule has 2 aromatic heterocycles. The molecule has 0 saturated carbocycles. The SMILES string of the molecule is Cc1ccc(-c2nc3c([N+](=O)[O-])cccn3c2C=O)c(C)c1. The van der Waals surface area contributed by atoms with Crippen LogP contribution in [0, 0.1) is 24.0 Å². The lowest BCUT2D eigenvalue weighted by molar-refractivity contribution is -0.383. The van der Waals surface area contributed by atoms with E-state index >= 15 is 0 Å². The van der Waals surface area contributed by atoms with Crippen molar-refractivity contribution in [1.29, 1.82) is 0 Å². The summed E-state index contributed by atoms with van der Waals surface area (Å²) in [7, 11) is 0. The fraction of sp³-hybridized carbons (Fsp3) is 0.125. The zero-order valence-electron chi connectivity index (χ0n) is 12.1. The smallest absolute Gasteiger partial charge is 0.296 e. The molecule has 0 amide bonds. The number of fused-ring (bicyclic) bond motifs is 1. The Balaban J connectivity index is 2.37. The largest absolute Gasteiger partial charge is 0.312 e. The summed E-state index contributed by atoms with van der Waals surface area (Å²) in [6.45, 7) is 3.90. The van der Waals surface area contributed by atoms with E-state index < -0.39 is 4.92 Å². The van der Waals surface area contributed by atoms with E-state index in [9.17, 15) is 14.9 Å². The van der Waals surface area contributed by atoms with Crippen LogP contribution in [0.5, 0.6) is 0 Å². The predicted molar refractivity (Wildman–Crippen MR) is 82.1 cm³/mol. The summed E-state index contributed by atoms with van der Waals surface area (Å²) in [5, 5.41) is 11.1. The van der Waals surface area contributed by atoms with E-state index in [0.717, 1.165) is 16.7 Å². The van der Waals surface area contributed by atoms with Gasteiger partial charge in [0.15, 0.2) is 6.29 Å². The number of nitrogens with zero attached hydrogens (tertiary/aromatic N) is 3. The minimum atomic E-state index is -0.497. The lowest BCUT2D eigenvalue weighted by atomic mass is 10.0. The van der Waals surface area contributed by atoms with Crippen molar-refractivity contribution in [2.75, 3.05) is 0 Å². The number of hydrogen-bond acceptors (Lipinski definition) is 4. The lowest BCUT2D eigenvalue weighted by Gasteiger charge is -2.04. The van der Waals surface area contributed by atoms with Gasteiger partial charge in [-0.15, -0.1) is 0 Å². The Morgan fingerprint density at radius 1 is 1.27 bits per heavy atom. The molecule has 22 heavy (non-hydrogen) atoms. The highest BCUT2D eigenvalue weighted by molar-refractivity contribution is 5.88. The fourth-order valence-corrected chi connectivity index (χ4v) is 2.60. The number of carbonyl (C=O) groups is 1. The van der Waals surface area contributed by atoms with Gasteiger partial charge < -0.3 is 0 Å². The molecular formula is C16H13N3O3. The molecule has 0 radical (unpaired) electrons. The molecule has 0 fully saturated rings. The molecule has 1 aromatic carbocycles. The molecule has 110 valence electrons. The molecule has 0 N–H and O–H groups in total. The van der Waals surface area contributed by atoms with Crippen LogP contribution < -0.4 is 0 Å². The average molecular weight is 295 g/mol. The van der Waals surface area contributed by atoms with Crippen LogP contribution in [0.3, 0.4) is 0 Å². The van der Waals surface area contributed by atoms with Crippen molar-refractivity contribution in [1.82, 2.24) is 9.38 Å². The number of carbonyl (C=O) groups excluding carboxylic acids is 1. The highest BCUT2D eigenvalue weighted by Gasteiger charge is 2.21. The van der Waals surface area contributed by atoms with E-state index in [1.165, 1.54) is 16.5 Å². The van der Waals surface area contributed by atoms with E-state index in [1.54, 1.807) is 6.20 Å². The van der Waals surface area contributed by atoms with E-state index in [4.69, 9.17) is 0 Å². The molecule has 0 aliphatic rings. The summed E-state index contributed by atoms with van der Waals surface area (Å²) in [4.78, 5) is 26.5. The lowest BCUT2D eigenvalue weighted by Crippen LogP contribution is -1.96. The third-order valence-electron chi connectivity index (χ3n) is 3.61. The number of aldehydes is 1. The maximum atomic E-state index is 11.5. The van der Waals surface area contributed by atoms with Crippen molar-refractivity contribution in [3.8, 4) is 11.3 Å². The molecular weight excluding hydrogens is 282 g/mol. The normalized spacial score (nSPS) is 10.8. The minimum absolute atomic E-state index is 0.124. The van der Waals surface area contributed by atoms with Gasteiger partial charge in [0.1, 0.15) is 11.4 Å². The van der Waals surface area contributed by atoms with Gasteiger partial charge in [-0.25, -0.2) is 4.98 Å². The van der Waals surface area contributed by atoms with E-state index in [1.807, 2.05) is 32.0 Å². The van der Waals surface area contributed by atoms with Gasteiger partial charge in [-0.05, 0) is 25.5 Å². The van der Waals surface area contributed by atoms with Crippen LogP contribution in [0.1, 0.15) is 21.6 Å². The fourth-order valence-electron chi connectivity index (χ4n) is 2.60. The van der Waals surface area contributed by atoms with Crippen LogP contribution in [0.4, 0.5) is 5.69 Å². The molecule has 0 saturated heterocycles. The van der Waals surface area contributed by atoms with Gasteiger partial charge >= 0.3 is 5.69 Å². The Morgan fingerprint density at radius 3 is 2.68 bits per heavy atom. The first kappa shape index (κ1) is 13.9. The van der Waals surface area contributed by atoms with Crippen LogP contribution in [-0.2, 0) is 0 Å². The van der Waals surface area contributed by atoms with Crippen molar-refractivity contribution in [2.45, 2.75) is 13.8 Å². The van der Waals surface area contributed by atoms with Crippen molar-refractivity contribution in [3.05, 3.63) is 63.5 Å². The topological polar surface area (TPSA) is 77.5 Å². The monoisotopic (exact) mass is 295 g/mol. The molecule has 0 atom stereocenters. The van der Waals surface area contributed by atoms with E-state index in [0.29, 0.717) is 17.7 Å². The highest BCUT2D eigenvalue weighted by Crippen LogP contribution is 2.30. The quantitative estimate of drug-likeness (QED) is 0.422. The van der Waals surface area contributed by atoms with Crippen molar-refractivity contribution < 1.29 is 9.72 Å². The second-order valence-corrected chi connectivity index (χ2v) is 5.13. The number of pyridine rings is 1. The molecule has 2 heterocycles. The average Bonchev–Trinajstić information content (AvgIpc) is 2.84. The number of nitro groups is 1. The number of hydrogen-bond donors (Lipinski definition) is 0. The zero-order chi connectivity index (χ0) is 15.9. The number of aryl methyl sites for hydroxylation is 2. The number of aromatic nitrogens is 2. The number of imidazole rings is 1. The molecule has 3 aromatic rings. The molecule has 0 bridgehead atoms. The summed E-state index contributed by atoms with van der Waals surface area (Å²) < 4.78 is 1.46. The first-order valence-electron chi connectivity index (χ1n) is 6.71. The van der Waals surface area contributed by atoms with Gasteiger partial charge in [-0.2, -0.15) is 0 Å². The summed E-state index contributed by atoms with van der Waals surface area (Å²) in [6, 6.07) is 8.71. The molecule has 0 aliphatic carbocycles. The molecule has 3 rings (SSSR count). The molecule has 6 heteroatoms. The molecule has 6 nitrogen and oxygen atoms in total. The van der Waals surface area contributed by atoms with E-state index in [-0.39, 0.29) is 11.3 Å². The minimum Gasteiger partial charge on any atom is -0.296 e. The maximum Gasteiger partial charge on any atom is 0.312 e. The van der Waals surface area contributed by atoms with Gasteiger partial charge in [-0.3, -0.25) is 19.3 Å². The summed E-state index contributed by atoms with van der Waals surface area (Å²) in [5.74, 6) is 0. The predicted octanol–water partition coefficient (Wildman–Crippen LogP) is 3.34. The Labute approximate surface area is 126 Å². The third kappa shape index (κ3) is 2.05. The molecule has 0 unspecified atom stereocenters. The molecule has 0 spiro atoms. The van der Waals surface area contributed by atoms with Crippen LogP contribution in [0.25, 0.3) is 16.9 Å². The Hall–Kier alpha value is -3.02. The third-order valence-corrected chi connectivity index (χ3v) is 3.61. The van der Waals surface area contributed by atoms with E-state index in [2.05, 4.69) is 4.98 Å². The van der Waals surface area contributed by atoms with Gasteiger partial charge in [0, 0.05) is 17.8 Å². The number of rotatable bonds is 3. The second kappa shape index (κ2) is 5.07. The van der Waals surface area contributed by atoms with Gasteiger partial charge in [0.05, 0.1) is 4.92 Å². The van der Waals surface area contributed by atoms with Crippen LogP contribution in [0.15, 0.2) is 36.5 Å². The van der Waals surface area contributed by atoms with Crippen LogP contribution in [-0.4, -0.2) is 20.6 Å². The Bertz CT molecular complexity index is 912. The van der Waals surface area contributed by atoms with Crippen molar-refractivity contribution in [2.24, 2.45) is 0 Å². The summed E-state index contributed by atoms with van der Waals surface area (Å²) in [5.41, 5.74) is 3.68. The number of benzene rings is 1. The van der Waals surface area contributed by atoms with Crippen molar-refractivity contribution in [3.63, 3.8) is 0 Å². The van der Waals surface area contributed by atoms with Crippen LogP contribution >= 0.6 is 0 Å². The first-order chi connectivity index (χ1) is 10.5. The Morgan fingerprint density at radius 2 is 2.05 bits per heavy atom. The van der Waals surface area contributed by atoms with Gasteiger partial charge in [0.25, 0.3) is 0 Å². The second-order valence-electron chi connectivity index (χ2n) is 5.13. The summed E-state index contributed by atoms with van der Waals surface area (Å²) >= 11 is 0. The van der Waals surface area contributed by atoms with Crippen molar-refractivity contribution >= 4 is 17.6 Å². The summed E-state index contributed by atoms with van der Waals surface area (Å²) in [6.07, 6.45) is 2.28. The first-order valence-corrected chi connectivity index (χ1v) is 6.71. The van der Waals surface area contributed by atoms with Gasteiger partial charge in [0.2, 0.25) is 5.65 Å². The van der Waals surface area contributed by atoms with Crippen LogP contribution in [0.2, 0.25) is 0 Å². The van der Waals surface area contributed by atoms with Gasteiger partial charge in [-0.1, -0.05) is 23.8 Å². The Kier molecular flexibility index (Phi) is 3.21. The maximum absolute atomic E-state index is 11.5. The standard InChI is InChI=1S/C16H13N3O3/c1-10-5-6-12(11(2)8-10)15-14(9-20)18-7-3-4-13(19(21)22)16(18)17-15/h3-9H,1-2H3.